The number of amides is 1. The van der Waals surface area contributed by atoms with Gasteiger partial charge in [0, 0.05) is 44.1 Å². The number of benzene rings is 1. The lowest BCUT2D eigenvalue weighted by molar-refractivity contribution is 0.0952. The molecule has 0 unspecified atom stereocenters. The van der Waals surface area contributed by atoms with Crippen molar-refractivity contribution in [2.24, 2.45) is 0 Å². The third kappa shape index (κ3) is 4.91. The van der Waals surface area contributed by atoms with Crippen LogP contribution in [0, 0.1) is 0 Å². The number of carbonyl (C=O) groups excluding carboxylic acids is 1. The number of nitrogens with zero attached hydrogens (tertiary/aromatic N) is 7. The number of aromatic nitrogens is 6. The highest BCUT2D eigenvalue weighted by atomic mass is 32.2. The Morgan fingerprint density at radius 1 is 1.15 bits per heavy atom. The standard InChI is InChI=1S/C24H28N8OS/c1-2-34-24-28-21(31-11-3-4-12-31)20-15-27-32(22(20)29-24)14-10-26-23(33)19-7-5-18(6-8-19)16-30-13-9-25-17-30/h5-9,13,15,17H,2-4,10-12,14,16H2,1H3,(H,26,33). The highest BCUT2D eigenvalue weighted by Crippen LogP contribution is 2.29. The molecule has 0 saturated carbocycles. The summed E-state index contributed by atoms with van der Waals surface area (Å²) in [6.45, 7) is 5.88. The van der Waals surface area contributed by atoms with E-state index >= 15 is 0 Å². The number of fused-ring (bicyclic) bond motifs is 1. The Morgan fingerprint density at radius 2 is 1.97 bits per heavy atom. The molecule has 4 heterocycles. The quantitative estimate of drug-likeness (QED) is 0.293. The van der Waals surface area contributed by atoms with Crippen molar-refractivity contribution in [3.8, 4) is 0 Å². The van der Waals surface area contributed by atoms with Gasteiger partial charge in [0.15, 0.2) is 10.8 Å². The van der Waals surface area contributed by atoms with Gasteiger partial charge in [0.25, 0.3) is 5.91 Å². The van der Waals surface area contributed by atoms with Crippen molar-refractivity contribution in [3.63, 3.8) is 0 Å². The molecule has 9 nitrogen and oxygen atoms in total. The van der Waals surface area contributed by atoms with Crippen LogP contribution >= 0.6 is 11.8 Å². The third-order valence-electron chi connectivity index (χ3n) is 5.88. The normalized spacial score (nSPS) is 13.6. The van der Waals surface area contributed by atoms with Gasteiger partial charge in [-0.2, -0.15) is 5.10 Å². The number of hydrogen-bond donors (Lipinski definition) is 1. The maximum absolute atomic E-state index is 12.6. The number of nitrogens with one attached hydrogen (secondary N) is 1. The van der Waals surface area contributed by atoms with E-state index in [0.29, 0.717) is 18.7 Å². The molecule has 1 N–H and O–H groups in total. The van der Waals surface area contributed by atoms with Gasteiger partial charge < -0.3 is 14.8 Å². The molecule has 34 heavy (non-hydrogen) atoms. The second-order valence-corrected chi connectivity index (χ2v) is 9.48. The van der Waals surface area contributed by atoms with Crippen molar-refractivity contribution >= 4 is 34.5 Å². The molecule has 3 aromatic heterocycles. The summed E-state index contributed by atoms with van der Waals surface area (Å²) >= 11 is 1.64. The largest absolute Gasteiger partial charge is 0.356 e. The zero-order valence-corrected chi connectivity index (χ0v) is 20.0. The van der Waals surface area contributed by atoms with Crippen LogP contribution in [-0.4, -0.2) is 60.6 Å². The molecule has 0 aliphatic carbocycles. The molecular formula is C24H28N8OS. The Balaban J connectivity index is 1.24. The van der Waals surface area contributed by atoms with Gasteiger partial charge in [-0.15, -0.1) is 0 Å². The van der Waals surface area contributed by atoms with E-state index < -0.39 is 0 Å². The fourth-order valence-electron chi connectivity index (χ4n) is 4.18. The first kappa shape index (κ1) is 22.4. The second kappa shape index (κ2) is 10.3. The van der Waals surface area contributed by atoms with Crippen molar-refractivity contribution in [2.75, 3.05) is 30.3 Å². The molecule has 1 fully saturated rings. The fraction of sp³-hybridized carbons (Fsp3) is 0.375. The van der Waals surface area contributed by atoms with E-state index in [2.05, 4.69) is 27.2 Å². The smallest absolute Gasteiger partial charge is 0.251 e. The third-order valence-corrected chi connectivity index (χ3v) is 6.61. The van der Waals surface area contributed by atoms with Crippen LogP contribution in [-0.2, 0) is 13.1 Å². The minimum atomic E-state index is -0.0970. The maximum Gasteiger partial charge on any atom is 0.251 e. The monoisotopic (exact) mass is 476 g/mol. The number of carbonyl (C=O) groups is 1. The van der Waals surface area contributed by atoms with Crippen molar-refractivity contribution in [2.45, 2.75) is 38.0 Å². The van der Waals surface area contributed by atoms with E-state index in [1.807, 2.05) is 45.9 Å². The van der Waals surface area contributed by atoms with Gasteiger partial charge in [-0.3, -0.25) is 4.79 Å². The van der Waals surface area contributed by atoms with E-state index in [9.17, 15) is 4.79 Å². The molecule has 0 radical (unpaired) electrons. The van der Waals surface area contributed by atoms with Crippen LogP contribution in [0.5, 0.6) is 0 Å². The molecule has 4 aromatic rings. The summed E-state index contributed by atoms with van der Waals surface area (Å²) in [6, 6.07) is 7.66. The molecule has 0 spiro atoms. The zero-order valence-electron chi connectivity index (χ0n) is 19.2. The summed E-state index contributed by atoms with van der Waals surface area (Å²) in [5.41, 5.74) is 2.58. The van der Waals surface area contributed by atoms with Gasteiger partial charge in [-0.25, -0.2) is 19.6 Å². The predicted octanol–water partition coefficient (Wildman–Crippen LogP) is 3.21. The minimum Gasteiger partial charge on any atom is -0.356 e. The first-order valence-electron chi connectivity index (χ1n) is 11.7. The van der Waals surface area contributed by atoms with Gasteiger partial charge in [0.1, 0.15) is 5.82 Å². The lowest BCUT2D eigenvalue weighted by Crippen LogP contribution is -2.27. The number of imidazole rings is 1. The molecule has 1 saturated heterocycles. The SMILES string of the molecule is CCSc1nc(N2CCCC2)c2cnn(CCNC(=O)c3ccc(Cn4ccnc4)cc3)c2n1. The molecule has 0 bridgehead atoms. The number of anilines is 1. The fourth-order valence-corrected chi connectivity index (χ4v) is 4.74. The van der Waals surface area contributed by atoms with Crippen LogP contribution in [0.25, 0.3) is 11.0 Å². The van der Waals surface area contributed by atoms with Crippen molar-refractivity contribution in [1.82, 2.24) is 34.6 Å². The molecule has 5 rings (SSSR count). The minimum absolute atomic E-state index is 0.0970. The van der Waals surface area contributed by atoms with Gasteiger partial charge in [0.05, 0.1) is 24.5 Å². The molecular weight excluding hydrogens is 448 g/mol. The molecule has 1 aromatic carbocycles. The molecule has 1 aliphatic rings. The highest BCUT2D eigenvalue weighted by molar-refractivity contribution is 7.99. The zero-order chi connectivity index (χ0) is 23.3. The molecule has 1 aliphatic heterocycles. The number of hydrogen-bond acceptors (Lipinski definition) is 7. The molecule has 176 valence electrons. The predicted molar refractivity (Wildman–Crippen MR) is 133 cm³/mol. The first-order valence-corrected chi connectivity index (χ1v) is 12.6. The van der Waals surface area contributed by atoms with E-state index in [1.165, 1.54) is 12.8 Å². The van der Waals surface area contributed by atoms with Crippen molar-refractivity contribution in [3.05, 3.63) is 60.3 Å². The van der Waals surface area contributed by atoms with Crippen molar-refractivity contribution in [1.29, 1.82) is 0 Å². The number of thioether (sulfide) groups is 1. The lowest BCUT2D eigenvalue weighted by Gasteiger charge is -2.17. The average molecular weight is 477 g/mol. The van der Waals surface area contributed by atoms with E-state index in [4.69, 9.17) is 9.97 Å². The Hall–Kier alpha value is -3.40. The average Bonchev–Trinajstić information content (AvgIpc) is 3.62. The Bertz CT molecular complexity index is 1250. The Morgan fingerprint density at radius 3 is 2.71 bits per heavy atom. The van der Waals surface area contributed by atoms with Crippen LogP contribution in [0.15, 0.2) is 54.3 Å². The summed E-state index contributed by atoms with van der Waals surface area (Å²) in [7, 11) is 0. The van der Waals surface area contributed by atoms with E-state index in [1.54, 1.807) is 24.3 Å². The van der Waals surface area contributed by atoms with Crippen LogP contribution in [0.4, 0.5) is 5.82 Å². The molecule has 10 heteroatoms. The van der Waals surface area contributed by atoms with Crippen molar-refractivity contribution < 1.29 is 4.79 Å². The van der Waals surface area contributed by atoms with Gasteiger partial charge in [0.2, 0.25) is 0 Å². The topological polar surface area (TPSA) is 93.8 Å². The second-order valence-electron chi connectivity index (χ2n) is 8.25. The summed E-state index contributed by atoms with van der Waals surface area (Å²) in [5, 5.41) is 9.32. The van der Waals surface area contributed by atoms with Crippen LogP contribution in [0.1, 0.15) is 35.7 Å². The van der Waals surface area contributed by atoms with Crippen LogP contribution < -0.4 is 10.2 Å². The number of rotatable bonds is 9. The van der Waals surface area contributed by atoms with Gasteiger partial charge >= 0.3 is 0 Å². The van der Waals surface area contributed by atoms with Gasteiger partial charge in [-0.1, -0.05) is 30.8 Å². The van der Waals surface area contributed by atoms with E-state index in [-0.39, 0.29) is 5.91 Å². The Labute approximate surface area is 202 Å². The van der Waals surface area contributed by atoms with Crippen LogP contribution in [0.3, 0.4) is 0 Å². The van der Waals surface area contributed by atoms with Gasteiger partial charge in [-0.05, 0) is 36.3 Å². The van der Waals surface area contributed by atoms with E-state index in [0.717, 1.165) is 53.0 Å². The molecule has 0 atom stereocenters. The summed E-state index contributed by atoms with van der Waals surface area (Å²) in [6.07, 6.45) is 9.68. The summed E-state index contributed by atoms with van der Waals surface area (Å²) in [5.74, 6) is 1.79. The summed E-state index contributed by atoms with van der Waals surface area (Å²) in [4.78, 5) is 28.6. The summed E-state index contributed by atoms with van der Waals surface area (Å²) < 4.78 is 3.86. The lowest BCUT2D eigenvalue weighted by atomic mass is 10.1. The van der Waals surface area contributed by atoms with Crippen LogP contribution in [0.2, 0.25) is 0 Å². The first-order chi connectivity index (χ1) is 16.7. The highest BCUT2D eigenvalue weighted by Gasteiger charge is 2.20. The Kier molecular flexibility index (Phi) is 6.75. The maximum atomic E-state index is 12.6. The molecule has 1 amide bonds.